The Morgan fingerprint density at radius 2 is 2.29 bits per heavy atom. The lowest BCUT2D eigenvalue weighted by Crippen LogP contribution is -2.59. The molecule has 0 radical (unpaired) electrons. The lowest BCUT2D eigenvalue weighted by molar-refractivity contribution is -0.127. The van der Waals surface area contributed by atoms with Gasteiger partial charge < -0.3 is 10.6 Å². The molecule has 2 rings (SSSR count). The summed E-state index contributed by atoms with van der Waals surface area (Å²) in [5.74, 6) is -0.0586. The van der Waals surface area contributed by atoms with E-state index in [1.807, 2.05) is 6.92 Å². The summed E-state index contributed by atoms with van der Waals surface area (Å²) in [5, 5.41) is 8.51. The maximum absolute atomic E-state index is 11.6. The number of hydrogen-bond acceptors (Lipinski definition) is 3. The number of amides is 2. The fourth-order valence-electron chi connectivity index (χ4n) is 1.45. The van der Waals surface area contributed by atoms with E-state index in [1.165, 1.54) is 0 Å². The smallest absolute Gasteiger partial charge is 0.239 e. The Morgan fingerprint density at radius 1 is 1.57 bits per heavy atom. The molecule has 5 heteroatoms. The van der Waals surface area contributed by atoms with Crippen LogP contribution in [0.5, 0.6) is 0 Å². The zero-order valence-corrected chi connectivity index (χ0v) is 8.22. The molecular formula is C9H15N3O2. The van der Waals surface area contributed by atoms with Crippen molar-refractivity contribution in [1.29, 1.82) is 0 Å². The second-order valence-electron chi connectivity index (χ2n) is 4.29. The minimum atomic E-state index is -0.273. The lowest BCUT2D eigenvalue weighted by atomic mass is 10.2. The van der Waals surface area contributed by atoms with Gasteiger partial charge in [-0.05, 0) is 19.8 Å². The van der Waals surface area contributed by atoms with Gasteiger partial charge in [0.25, 0.3) is 0 Å². The quantitative estimate of drug-likeness (QED) is 0.517. The molecule has 0 aromatic heterocycles. The van der Waals surface area contributed by atoms with Crippen LogP contribution in [0.1, 0.15) is 19.8 Å². The fourth-order valence-corrected chi connectivity index (χ4v) is 1.45. The number of piperazine rings is 1. The highest BCUT2D eigenvalue weighted by atomic mass is 16.2. The summed E-state index contributed by atoms with van der Waals surface area (Å²) in [6, 6.07) is -0.273. The molecule has 3 N–H and O–H groups in total. The van der Waals surface area contributed by atoms with Crippen LogP contribution in [0, 0.1) is 0 Å². The minimum Gasteiger partial charge on any atom is -0.353 e. The van der Waals surface area contributed by atoms with E-state index in [0.29, 0.717) is 6.54 Å². The lowest BCUT2D eigenvalue weighted by Gasteiger charge is -2.24. The van der Waals surface area contributed by atoms with Crippen LogP contribution in [0.2, 0.25) is 0 Å². The van der Waals surface area contributed by atoms with Crippen molar-refractivity contribution in [2.75, 3.05) is 13.1 Å². The second-order valence-corrected chi connectivity index (χ2v) is 4.29. The summed E-state index contributed by atoms with van der Waals surface area (Å²) in [4.78, 5) is 22.5. The molecule has 0 aromatic carbocycles. The van der Waals surface area contributed by atoms with Crippen LogP contribution < -0.4 is 16.0 Å². The van der Waals surface area contributed by atoms with Gasteiger partial charge >= 0.3 is 0 Å². The predicted molar refractivity (Wildman–Crippen MR) is 50.6 cm³/mol. The van der Waals surface area contributed by atoms with Crippen LogP contribution in [-0.4, -0.2) is 36.5 Å². The Kier molecular flexibility index (Phi) is 2.19. The van der Waals surface area contributed by atoms with Gasteiger partial charge in [-0.15, -0.1) is 0 Å². The molecule has 1 aliphatic heterocycles. The summed E-state index contributed by atoms with van der Waals surface area (Å²) in [5.41, 5.74) is 0.0141. The number of rotatable bonds is 2. The molecule has 0 spiro atoms. The molecule has 0 aromatic rings. The first-order valence-corrected chi connectivity index (χ1v) is 4.91. The van der Waals surface area contributed by atoms with Gasteiger partial charge in [-0.25, -0.2) is 0 Å². The number of carbonyl (C=O) groups excluding carboxylic acids is 2. The third-order valence-electron chi connectivity index (χ3n) is 2.75. The molecule has 1 saturated heterocycles. The van der Waals surface area contributed by atoms with E-state index in [0.717, 1.165) is 12.8 Å². The largest absolute Gasteiger partial charge is 0.353 e. The second kappa shape index (κ2) is 3.24. The normalized spacial score (nSPS) is 29.2. The molecule has 1 heterocycles. The van der Waals surface area contributed by atoms with Crippen molar-refractivity contribution in [2.24, 2.45) is 0 Å². The standard InChI is InChI=1S/C9H15N3O2/c1-9(2-3-9)12-8(14)6-4-11-7(13)5-10-6/h6,10H,2-5H2,1H3,(H,11,13)(H,12,14). The van der Waals surface area contributed by atoms with Crippen molar-refractivity contribution in [3.8, 4) is 0 Å². The maximum atomic E-state index is 11.6. The molecule has 1 saturated carbocycles. The Balaban J connectivity index is 1.83. The van der Waals surface area contributed by atoms with Crippen LogP contribution in [0.25, 0.3) is 0 Å². The number of hydrogen-bond donors (Lipinski definition) is 3. The average molecular weight is 197 g/mol. The van der Waals surface area contributed by atoms with Gasteiger partial charge in [0, 0.05) is 12.1 Å². The zero-order chi connectivity index (χ0) is 10.2. The van der Waals surface area contributed by atoms with Crippen LogP contribution in [0.3, 0.4) is 0 Å². The SMILES string of the molecule is CC1(NC(=O)C2CNC(=O)CN2)CC1. The van der Waals surface area contributed by atoms with E-state index in [9.17, 15) is 9.59 Å². The number of carbonyl (C=O) groups is 2. The summed E-state index contributed by atoms with van der Waals surface area (Å²) in [7, 11) is 0. The van der Waals surface area contributed by atoms with E-state index in [2.05, 4.69) is 16.0 Å². The summed E-state index contributed by atoms with van der Waals surface area (Å²) in [6.45, 7) is 2.65. The molecule has 78 valence electrons. The third kappa shape index (κ3) is 2.04. The first-order chi connectivity index (χ1) is 6.59. The van der Waals surface area contributed by atoms with Crippen LogP contribution >= 0.6 is 0 Å². The van der Waals surface area contributed by atoms with Crippen molar-refractivity contribution >= 4 is 11.8 Å². The third-order valence-corrected chi connectivity index (χ3v) is 2.75. The highest BCUT2D eigenvalue weighted by Crippen LogP contribution is 2.34. The maximum Gasteiger partial charge on any atom is 0.239 e. The Hall–Kier alpha value is -1.10. The summed E-state index contributed by atoms with van der Waals surface area (Å²) >= 11 is 0. The van der Waals surface area contributed by atoms with Crippen LogP contribution in [0.15, 0.2) is 0 Å². The highest BCUT2D eigenvalue weighted by molar-refractivity contribution is 5.87. The molecule has 2 aliphatic rings. The van der Waals surface area contributed by atoms with Crippen LogP contribution in [0.4, 0.5) is 0 Å². The molecule has 2 fully saturated rings. The summed E-state index contributed by atoms with van der Waals surface area (Å²) < 4.78 is 0. The van der Waals surface area contributed by atoms with Gasteiger partial charge in [0.1, 0.15) is 6.04 Å². The highest BCUT2D eigenvalue weighted by Gasteiger charge is 2.40. The summed E-state index contributed by atoms with van der Waals surface area (Å²) in [6.07, 6.45) is 2.11. The van der Waals surface area contributed by atoms with Gasteiger partial charge in [0.2, 0.25) is 11.8 Å². The Labute approximate surface area is 82.6 Å². The predicted octanol–water partition coefficient (Wildman–Crippen LogP) is -1.26. The van der Waals surface area contributed by atoms with Gasteiger partial charge in [0.05, 0.1) is 6.54 Å². The van der Waals surface area contributed by atoms with E-state index in [-0.39, 0.29) is 29.9 Å². The van der Waals surface area contributed by atoms with Crippen molar-refractivity contribution in [3.05, 3.63) is 0 Å². The zero-order valence-electron chi connectivity index (χ0n) is 8.22. The first-order valence-electron chi connectivity index (χ1n) is 4.91. The molecule has 0 bridgehead atoms. The van der Waals surface area contributed by atoms with Gasteiger partial charge in [-0.2, -0.15) is 0 Å². The molecule has 5 nitrogen and oxygen atoms in total. The van der Waals surface area contributed by atoms with E-state index in [1.54, 1.807) is 0 Å². The fraction of sp³-hybridized carbons (Fsp3) is 0.778. The average Bonchev–Trinajstić information content (AvgIpc) is 2.84. The molecule has 1 aliphatic carbocycles. The van der Waals surface area contributed by atoms with E-state index < -0.39 is 0 Å². The molecular weight excluding hydrogens is 182 g/mol. The van der Waals surface area contributed by atoms with E-state index >= 15 is 0 Å². The van der Waals surface area contributed by atoms with Crippen molar-refractivity contribution < 1.29 is 9.59 Å². The monoisotopic (exact) mass is 197 g/mol. The molecule has 14 heavy (non-hydrogen) atoms. The van der Waals surface area contributed by atoms with Gasteiger partial charge in [-0.1, -0.05) is 0 Å². The molecule has 2 amide bonds. The minimum absolute atomic E-state index is 0.00926. The van der Waals surface area contributed by atoms with Gasteiger partial charge in [-0.3, -0.25) is 14.9 Å². The number of nitrogens with one attached hydrogen (secondary N) is 3. The first kappa shape index (κ1) is 9.45. The van der Waals surface area contributed by atoms with Crippen molar-refractivity contribution in [2.45, 2.75) is 31.3 Å². The Morgan fingerprint density at radius 3 is 2.79 bits per heavy atom. The van der Waals surface area contributed by atoms with Crippen molar-refractivity contribution in [1.82, 2.24) is 16.0 Å². The van der Waals surface area contributed by atoms with Crippen molar-refractivity contribution in [3.63, 3.8) is 0 Å². The van der Waals surface area contributed by atoms with Crippen LogP contribution in [-0.2, 0) is 9.59 Å². The van der Waals surface area contributed by atoms with Gasteiger partial charge in [0.15, 0.2) is 0 Å². The topological polar surface area (TPSA) is 70.2 Å². The Bertz CT molecular complexity index is 263. The molecule has 1 atom stereocenters. The molecule has 1 unspecified atom stereocenters. The van der Waals surface area contributed by atoms with E-state index in [4.69, 9.17) is 0 Å².